The summed E-state index contributed by atoms with van der Waals surface area (Å²) in [6, 6.07) is 14.6. The first-order chi connectivity index (χ1) is 10.2. The lowest BCUT2D eigenvalue weighted by Crippen LogP contribution is -2.23. The summed E-state index contributed by atoms with van der Waals surface area (Å²) in [7, 11) is 0. The minimum absolute atomic E-state index is 0.193. The fourth-order valence-corrected chi connectivity index (χ4v) is 2.30. The number of nitrogens with zero attached hydrogens (tertiary/aromatic N) is 2. The minimum atomic E-state index is -0.193. The number of pyridine rings is 2. The van der Waals surface area contributed by atoms with Gasteiger partial charge in [0.25, 0.3) is 5.91 Å². The van der Waals surface area contributed by atoms with Crippen LogP contribution in [-0.4, -0.2) is 15.9 Å². The fraction of sp³-hybridized carbons (Fsp3) is 0.0625. The van der Waals surface area contributed by atoms with Crippen molar-refractivity contribution in [2.75, 3.05) is 0 Å². The maximum atomic E-state index is 12.4. The Bertz CT molecular complexity index is 790. The third-order valence-corrected chi connectivity index (χ3v) is 3.28. The third-order valence-electron chi connectivity index (χ3n) is 3.09. The molecule has 0 saturated heterocycles. The number of benzene rings is 1. The van der Waals surface area contributed by atoms with Crippen molar-refractivity contribution in [3.63, 3.8) is 0 Å². The van der Waals surface area contributed by atoms with Crippen molar-refractivity contribution in [1.82, 2.24) is 15.3 Å². The van der Waals surface area contributed by atoms with Gasteiger partial charge in [-0.05, 0) is 24.3 Å². The minimum Gasteiger partial charge on any atom is -0.346 e. The lowest BCUT2D eigenvalue weighted by molar-refractivity contribution is 0.0952. The van der Waals surface area contributed by atoms with E-state index in [1.54, 1.807) is 12.3 Å². The largest absolute Gasteiger partial charge is 0.346 e. The van der Waals surface area contributed by atoms with Gasteiger partial charge in [0.2, 0.25) is 0 Å². The summed E-state index contributed by atoms with van der Waals surface area (Å²) in [5.74, 6) is -0.193. The maximum absolute atomic E-state index is 12.4. The van der Waals surface area contributed by atoms with Crippen LogP contribution >= 0.6 is 11.6 Å². The number of amides is 1. The first kappa shape index (κ1) is 13.5. The molecule has 4 nitrogen and oxygen atoms in total. The Morgan fingerprint density at radius 1 is 1.14 bits per heavy atom. The lowest BCUT2D eigenvalue weighted by atomic mass is 10.1. The van der Waals surface area contributed by atoms with E-state index >= 15 is 0 Å². The molecule has 0 atom stereocenters. The summed E-state index contributed by atoms with van der Waals surface area (Å²) in [4.78, 5) is 20.7. The summed E-state index contributed by atoms with van der Waals surface area (Å²) in [6.45, 7) is 0.369. The second-order valence-corrected chi connectivity index (χ2v) is 4.90. The second kappa shape index (κ2) is 5.89. The SMILES string of the molecule is O=C(NCc1ccccn1)c1cc(Cl)nc2ccccc12. The molecular weight excluding hydrogens is 286 g/mol. The maximum Gasteiger partial charge on any atom is 0.252 e. The average Bonchev–Trinajstić information content (AvgIpc) is 2.52. The summed E-state index contributed by atoms with van der Waals surface area (Å²) < 4.78 is 0. The zero-order valence-electron chi connectivity index (χ0n) is 11.1. The molecule has 1 N–H and O–H groups in total. The number of hydrogen-bond donors (Lipinski definition) is 1. The monoisotopic (exact) mass is 297 g/mol. The molecule has 1 aromatic carbocycles. The van der Waals surface area contributed by atoms with Crippen molar-refractivity contribution < 1.29 is 4.79 Å². The number of aromatic nitrogens is 2. The molecule has 0 aliphatic carbocycles. The van der Waals surface area contributed by atoms with Crippen LogP contribution in [-0.2, 0) is 6.54 Å². The molecule has 2 aromatic heterocycles. The number of carbonyl (C=O) groups is 1. The molecule has 1 amide bonds. The van der Waals surface area contributed by atoms with Gasteiger partial charge in [0.05, 0.1) is 23.3 Å². The van der Waals surface area contributed by atoms with Crippen LogP contribution in [0.3, 0.4) is 0 Å². The van der Waals surface area contributed by atoms with Crippen LogP contribution < -0.4 is 5.32 Å². The summed E-state index contributed by atoms with van der Waals surface area (Å²) in [6.07, 6.45) is 1.69. The van der Waals surface area contributed by atoms with Crippen molar-refractivity contribution in [3.8, 4) is 0 Å². The number of carbonyl (C=O) groups excluding carboxylic acids is 1. The van der Waals surface area contributed by atoms with Gasteiger partial charge in [0.15, 0.2) is 0 Å². The van der Waals surface area contributed by atoms with E-state index in [0.717, 1.165) is 11.1 Å². The molecule has 3 aromatic rings. The number of rotatable bonds is 3. The molecule has 2 heterocycles. The van der Waals surface area contributed by atoms with E-state index in [2.05, 4.69) is 15.3 Å². The molecule has 0 spiro atoms. The zero-order valence-corrected chi connectivity index (χ0v) is 11.8. The molecule has 0 bridgehead atoms. The highest BCUT2D eigenvalue weighted by Gasteiger charge is 2.12. The highest BCUT2D eigenvalue weighted by molar-refractivity contribution is 6.30. The molecule has 5 heteroatoms. The highest BCUT2D eigenvalue weighted by Crippen LogP contribution is 2.20. The van der Waals surface area contributed by atoms with Gasteiger partial charge in [-0.1, -0.05) is 35.9 Å². The van der Waals surface area contributed by atoms with Crippen molar-refractivity contribution in [2.24, 2.45) is 0 Å². The molecule has 0 aliphatic rings. The number of nitrogens with one attached hydrogen (secondary N) is 1. The van der Waals surface area contributed by atoms with Gasteiger partial charge in [0, 0.05) is 11.6 Å². The Hall–Kier alpha value is -2.46. The Kier molecular flexibility index (Phi) is 3.79. The molecule has 0 radical (unpaired) electrons. The summed E-state index contributed by atoms with van der Waals surface area (Å²) in [5.41, 5.74) is 2.02. The number of halogens is 1. The predicted molar refractivity (Wildman–Crippen MR) is 82.2 cm³/mol. The van der Waals surface area contributed by atoms with Crippen LogP contribution in [0.25, 0.3) is 10.9 Å². The quantitative estimate of drug-likeness (QED) is 0.755. The van der Waals surface area contributed by atoms with Crippen LogP contribution in [0.1, 0.15) is 16.1 Å². The van der Waals surface area contributed by atoms with Crippen LogP contribution in [0.5, 0.6) is 0 Å². The van der Waals surface area contributed by atoms with Crippen molar-refractivity contribution in [3.05, 3.63) is 71.1 Å². The van der Waals surface area contributed by atoms with E-state index in [4.69, 9.17) is 11.6 Å². The molecule has 21 heavy (non-hydrogen) atoms. The molecule has 0 saturated carbocycles. The van der Waals surface area contributed by atoms with Crippen molar-refractivity contribution >= 4 is 28.4 Å². The fourth-order valence-electron chi connectivity index (χ4n) is 2.10. The number of hydrogen-bond acceptors (Lipinski definition) is 3. The molecule has 104 valence electrons. The topological polar surface area (TPSA) is 54.9 Å². The number of para-hydroxylation sites is 1. The first-order valence-electron chi connectivity index (χ1n) is 6.47. The summed E-state index contributed by atoms with van der Waals surface area (Å²) in [5, 5.41) is 3.93. The Morgan fingerprint density at radius 3 is 2.76 bits per heavy atom. The van der Waals surface area contributed by atoms with E-state index in [1.165, 1.54) is 0 Å². The van der Waals surface area contributed by atoms with Crippen molar-refractivity contribution in [2.45, 2.75) is 6.54 Å². The molecule has 0 aliphatic heterocycles. The van der Waals surface area contributed by atoms with E-state index in [1.807, 2.05) is 42.5 Å². The average molecular weight is 298 g/mol. The van der Waals surface area contributed by atoms with Crippen LogP contribution in [0, 0.1) is 0 Å². The van der Waals surface area contributed by atoms with E-state index in [-0.39, 0.29) is 5.91 Å². The van der Waals surface area contributed by atoms with E-state index in [9.17, 15) is 4.79 Å². The van der Waals surface area contributed by atoms with Gasteiger partial charge in [-0.2, -0.15) is 0 Å². The van der Waals surface area contributed by atoms with Gasteiger partial charge >= 0.3 is 0 Å². The summed E-state index contributed by atoms with van der Waals surface area (Å²) >= 11 is 5.98. The molecule has 0 fully saturated rings. The van der Waals surface area contributed by atoms with Gasteiger partial charge in [-0.25, -0.2) is 4.98 Å². The molecule has 0 unspecified atom stereocenters. The van der Waals surface area contributed by atoms with Gasteiger partial charge in [0.1, 0.15) is 5.15 Å². The molecular formula is C16H12ClN3O. The smallest absolute Gasteiger partial charge is 0.252 e. The Balaban J connectivity index is 1.88. The van der Waals surface area contributed by atoms with Crippen LogP contribution in [0.2, 0.25) is 5.15 Å². The van der Waals surface area contributed by atoms with E-state index < -0.39 is 0 Å². The second-order valence-electron chi connectivity index (χ2n) is 4.51. The van der Waals surface area contributed by atoms with Crippen LogP contribution in [0.15, 0.2) is 54.7 Å². The third kappa shape index (κ3) is 3.01. The normalized spacial score (nSPS) is 10.5. The van der Waals surface area contributed by atoms with Gasteiger partial charge in [-0.15, -0.1) is 0 Å². The van der Waals surface area contributed by atoms with Crippen LogP contribution in [0.4, 0.5) is 0 Å². The highest BCUT2D eigenvalue weighted by atomic mass is 35.5. The van der Waals surface area contributed by atoms with Crippen molar-refractivity contribution in [1.29, 1.82) is 0 Å². The Morgan fingerprint density at radius 2 is 1.95 bits per heavy atom. The lowest BCUT2D eigenvalue weighted by Gasteiger charge is -2.08. The molecule has 3 rings (SSSR count). The number of fused-ring (bicyclic) bond motifs is 1. The van der Waals surface area contributed by atoms with Gasteiger partial charge < -0.3 is 5.32 Å². The van der Waals surface area contributed by atoms with E-state index in [0.29, 0.717) is 22.8 Å². The zero-order chi connectivity index (χ0) is 14.7. The van der Waals surface area contributed by atoms with Gasteiger partial charge in [-0.3, -0.25) is 9.78 Å². The predicted octanol–water partition coefficient (Wildman–Crippen LogP) is 3.21. The first-order valence-corrected chi connectivity index (χ1v) is 6.85. The Labute approximate surface area is 126 Å². The standard InChI is InChI=1S/C16H12ClN3O/c17-15-9-13(12-6-1-2-7-14(12)20-15)16(21)19-10-11-5-3-4-8-18-11/h1-9H,10H2,(H,19,21).